The Labute approximate surface area is 144 Å². The molecule has 0 aromatic rings. The van der Waals surface area contributed by atoms with E-state index >= 15 is 0 Å². The lowest BCUT2D eigenvalue weighted by molar-refractivity contribution is -0.228. The molecule has 0 aliphatic carbocycles. The van der Waals surface area contributed by atoms with Crippen LogP contribution in [-0.4, -0.2) is 29.2 Å². The second-order valence-corrected chi connectivity index (χ2v) is 6.95. The number of unbranched alkanes of at least 4 members (excludes halogenated alkanes) is 12. The van der Waals surface area contributed by atoms with Crippen molar-refractivity contribution in [2.45, 2.75) is 116 Å². The number of aliphatic hydroxyl groups excluding tert-OH is 1. The molecular weight excluding hydrogens is 288 g/mol. The van der Waals surface area contributed by atoms with E-state index in [0.717, 1.165) is 25.7 Å². The lowest BCUT2D eigenvalue weighted by Crippen LogP contribution is -2.37. The highest BCUT2D eigenvalue weighted by Gasteiger charge is 2.25. The highest BCUT2D eigenvalue weighted by Crippen LogP contribution is 2.18. The molecule has 140 valence electrons. The van der Waals surface area contributed by atoms with Gasteiger partial charge in [0, 0.05) is 6.42 Å². The number of ether oxygens (including phenoxy) is 1. The smallest absolute Gasteiger partial charge is 0.188 e. The van der Waals surface area contributed by atoms with Crippen LogP contribution in [-0.2, 0) is 4.74 Å². The van der Waals surface area contributed by atoms with Crippen LogP contribution in [0.3, 0.4) is 0 Å². The van der Waals surface area contributed by atoms with E-state index in [1.807, 2.05) is 0 Å². The van der Waals surface area contributed by atoms with Gasteiger partial charge in [-0.3, -0.25) is 0 Å². The fourth-order valence-electron chi connectivity index (χ4n) is 2.88. The van der Waals surface area contributed by atoms with Crippen molar-refractivity contribution < 1.29 is 14.9 Å². The predicted octanol–water partition coefficient (Wildman–Crippen LogP) is 5.58. The number of hydrogen-bond acceptors (Lipinski definition) is 3. The van der Waals surface area contributed by atoms with E-state index in [1.165, 1.54) is 64.2 Å². The highest BCUT2D eigenvalue weighted by molar-refractivity contribution is 4.66. The van der Waals surface area contributed by atoms with Crippen molar-refractivity contribution in [3.05, 3.63) is 0 Å². The quantitative estimate of drug-likeness (QED) is 0.255. The summed E-state index contributed by atoms with van der Waals surface area (Å²) in [6, 6.07) is 0. The van der Waals surface area contributed by atoms with Gasteiger partial charge in [-0.2, -0.15) is 0 Å². The van der Waals surface area contributed by atoms with Crippen LogP contribution in [0.2, 0.25) is 0 Å². The van der Waals surface area contributed by atoms with Gasteiger partial charge in [0.1, 0.15) is 0 Å². The van der Waals surface area contributed by atoms with Gasteiger partial charge in [0.25, 0.3) is 0 Å². The molecule has 1 atom stereocenters. The van der Waals surface area contributed by atoms with Crippen LogP contribution in [0.1, 0.15) is 110 Å². The largest absolute Gasteiger partial charge is 0.391 e. The lowest BCUT2D eigenvalue weighted by atomic mass is 10.0. The number of aliphatic hydroxyl groups is 2. The number of hydrogen-bond donors (Lipinski definition) is 2. The van der Waals surface area contributed by atoms with Gasteiger partial charge in [0.05, 0.1) is 13.2 Å². The van der Waals surface area contributed by atoms with Crippen molar-refractivity contribution in [1.29, 1.82) is 0 Å². The van der Waals surface area contributed by atoms with Crippen LogP contribution >= 0.6 is 0 Å². The Hall–Kier alpha value is -0.120. The van der Waals surface area contributed by atoms with E-state index < -0.39 is 5.79 Å². The zero-order valence-corrected chi connectivity index (χ0v) is 15.8. The molecule has 1 unspecified atom stereocenters. The molecule has 0 amide bonds. The molecule has 3 heteroatoms. The molecule has 0 radical (unpaired) electrons. The maximum Gasteiger partial charge on any atom is 0.188 e. The fraction of sp³-hybridized carbons (Fsp3) is 1.00. The molecule has 0 rings (SSSR count). The summed E-state index contributed by atoms with van der Waals surface area (Å²) in [4.78, 5) is 0. The van der Waals surface area contributed by atoms with Crippen molar-refractivity contribution in [3.8, 4) is 0 Å². The Balaban J connectivity index is 3.47. The zero-order valence-electron chi connectivity index (χ0n) is 15.8. The Kier molecular flexibility index (Phi) is 16.6. The third-order valence-electron chi connectivity index (χ3n) is 4.54. The van der Waals surface area contributed by atoms with Gasteiger partial charge in [0.15, 0.2) is 5.79 Å². The van der Waals surface area contributed by atoms with Crippen molar-refractivity contribution in [2.24, 2.45) is 0 Å². The fourth-order valence-corrected chi connectivity index (χ4v) is 2.88. The van der Waals surface area contributed by atoms with Crippen molar-refractivity contribution in [1.82, 2.24) is 0 Å². The summed E-state index contributed by atoms with van der Waals surface area (Å²) in [7, 11) is 0. The van der Waals surface area contributed by atoms with Crippen LogP contribution in [0.4, 0.5) is 0 Å². The molecule has 0 saturated heterocycles. The van der Waals surface area contributed by atoms with Crippen LogP contribution < -0.4 is 0 Å². The van der Waals surface area contributed by atoms with Crippen molar-refractivity contribution >= 4 is 0 Å². The summed E-state index contributed by atoms with van der Waals surface area (Å²) < 4.78 is 5.51. The molecule has 0 spiro atoms. The molecule has 2 N–H and O–H groups in total. The van der Waals surface area contributed by atoms with Gasteiger partial charge >= 0.3 is 0 Å². The first-order valence-electron chi connectivity index (χ1n) is 10.2. The number of rotatable bonds is 18. The molecule has 0 heterocycles. The van der Waals surface area contributed by atoms with Crippen LogP contribution in [0.25, 0.3) is 0 Å². The summed E-state index contributed by atoms with van der Waals surface area (Å²) >= 11 is 0. The first-order valence-corrected chi connectivity index (χ1v) is 10.2. The normalized spacial score (nSPS) is 14.1. The molecule has 0 aliphatic rings. The Morgan fingerprint density at radius 2 is 1.09 bits per heavy atom. The summed E-state index contributed by atoms with van der Waals surface area (Å²) in [6.45, 7) is 4.69. The zero-order chi connectivity index (χ0) is 17.2. The Morgan fingerprint density at radius 1 is 0.652 bits per heavy atom. The Morgan fingerprint density at radius 3 is 1.57 bits per heavy atom. The van der Waals surface area contributed by atoms with Gasteiger partial charge in [-0.25, -0.2) is 0 Å². The minimum Gasteiger partial charge on any atom is -0.391 e. The first-order chi connectivity index (χ1) is 11.2. The minimum absolute atomic E-state index is 0.293. The molecule has 0 fully saturated rings. The minimum atomic E-state index is -1.31. The van der Waals surface area contributed by atoms with E-state index in [1.54, 1.807) is 0 Å². The van der Waals surface area contributed by atoms with Crippen LogP contribution in [0, 0.1) is 0 Å². The molecule has 0 aromatic carbocycles. The second kappa shape index (κ2) is 16.7. The van der Waals surface area contributed by atoms with Gasteiger partial charge in [-0.1, -0.05) is 90.9 Å². The van der Waals surface area contributed by atoms with E-state index in [9.17, 15) is 10.2 Å². The Bertz CT molecular complexity index is 233. The molecule has 0 aromatic heterocycles. The summed E-state index contributed by atoms with van der Waals surface area (Å²) in [5.74, 6) is -1.31. The SMILES string of the molecule is CCCCCCCCCCCCC(O)(CO)OCCCCCC. The molecular formula is C20H42O3. The summed E-state index contributed by atoms with van der Waals surface area (Å²) in [6.07, 6.45) is 17.8. The van der Waals surface area contributed by atoms with Crippen LogP contribution in [0.15, 0.2) is 0 Å². The average molecular weight is 331 g/mol. The monoisotopic (exact) mass is 330 g/mol. The van der Waals surface area contributed by atoms with Crippen molar-refractivity contribution in [3.63, 3.8) is 0 Å². The third kappa shape index (κ3) is 15.2. The highest BCUT2D eigenvalue weighted by atomic mass is 16.6. The van der Waals surface area contributed by atoms with E-state index in [2.05, 4.69) is 13.8 Å². The summed E-state index contributed by atoms with van der Waals surface area (Å²) in [5.41, 5.74) is 0. The standard InChI is InChI=1S/C20H42O3/c1-3-5-7-9-10-11-12-13-14-15-17-20(22,19-21)23-18-16-8-6-4-2/h21-22H,3-19H2,1-2H3. The molecule has 3 nitrogen and oxygen atoms in total. The predicted molar refractivity (Wildman–Crippen MR) is 98.6 cm³/mol. The lowest BCUT2D eigenvalue weighted by Gasteiger charge is -2.26. The van der Waals surface area contributed by atoms with Gasteiger partial charge in [-0.15, -0.1) is 0 Å². The topological polar surface area (TPSA) is 49.7 Å². The van der Waals surface area contributed by atoms with Gasteiger partial charge in [-0.05, 0) is 12.8 Å². The van der Waals surface area contributed by atoms with E-state index in [4.69, 9.17) is 4.74 Å². The average Bonchev–Trinajstić information content (AvgIpc) is 2.56. The van der Waals surface area contributed by atoms with Gasteiger partial charge < -0.3 is 14.9 Å². The molecule has 0 aliphatic heterocycles. The first kappa shape index (κ1) is 22.9. The second-order valence-electron chi connectivity index (χ2n) is 6.95. The van der Waals surface area contributed by atoms with E-state index in [0.29, 0.717) is 13.0 Å². The van der Waals surface area contributed by atoms with Crippen LogP contribution in [0.5, 0.6) is 0 Å². The van der Waals surface area contributed by atoms with E-state index in [-0.39, 0.29) is 6.61 Å². The molecule has 23 heavy (non-hydrogen) atoms. The maximum atomic E-state index is 10.2. The van der Waals surface area contributed by atoms with Crippen molar-refractivity contribution in [2.75, 3.05) is 13.2 Å². The van der Waals surface area contributed by atoms with Gasteiger partial charge in [0.2, 0.25) is 0 Å². The maximum absolute atomic E-state index is 10.2. The summed E-state index contributed by atoms with van der Waals surface area (Å²) in [5, 5.41) is 19.6. The third-order valence-corrected chi connectivity index (χ3v) is 4.54. The molecule has 0 saturated carbocycles. The molecule has 0 bridgehead atoms.